The van der Waals surface area contributed by atoms with Crippen molar-refractivity contribution >= 4 is 44.9 Å². The maximum atomic E-state index is 12.2. The van der Waals surface area contributed by atoms with Crippen LogP contribution in [0.3, 0.4) is 0 Å². The van der Waals surface area contributed by atoms with E-state index in [-0.39, 0.29) is 5.91 Å². The highest BCUT2D eigenvalue weighted by Gasteiger charge is 2.10. The van der Waals surface area contributed by atoms with E-state index in [2.05, 4.69) is 45.3 Å². The van der Waals surface area contributed by atoms with Gasteiger partial charge in [-0.15, -0.1) is 11.3 Å². The number of carbonyl (C=O) groups is 1. The van der Waals surface area contributed by atoms with Gasteiger partial charge < -0.3 is 10.2 Å². The van der Waals surface area contributed by atoms with E-state index in [1.165, 1.54) is 16.6 Å². The molecule has 0 fully saturated rings. The predicted molar refractivity (Wildman–Crippen MR) is 110 cm³/mol. The first kappa shape index (κ1) is 18.7. The molecule has 0 radical (unpaired) electrons. The number of nitrogens with zero attached hydrogens (tertiary/aromatic N) is 3. The highest BCUT2D eigenvalue weighted by atomic mass is 32.2. The molecule has 1 amide bonds. The Kier molecular flexibility index (Phi) is 6.11. The lowest BCUT2D eigenvalue weighted by Gasteiger charge is -2.12. The van der Waals surface area contributed by atoms with Gasteiger partial charge in [0.2, 0.25) is 5.91 Å². The number of carbonyl (C=O) groups excluding carboxylic acids is 1. The number of nitrogens with one attached hydrogen (secondary N) is 1. The predicted octanol–water partition coefficient (Wildman–Crippen LogP) is 3.73. The van der Waals surface area contributed by atoms with Crippen LogP contribution in [0.2, 0.25) is 0 Å². The third kappa shape index (κ3) is 4.53. The highest BCUT2D eigenvalue weighted by molar-refractivity contribution is 8.00. The molecule has 7 heteroatoms. The molecule has 0 atom stereocenters. The molecule has 0 aliphatic carbocycles. The first-order valence-corrected chi connectivity index (χ1v) is 10.3. The minimum absolute atomic E-state index is 0.00407. The Bertz CT molecular complexity index is 890. The van der Waals surface area contributed by atoms with E-state index in [0.29, 0.717) is 12.3 Å². The van der Waals surface area contributed by atoms with Crippen LogP contribution >= 0.6 is 23.1 Å². The maximum Gasteiger partial charge on any atom is 0.230 e. The Balaban J connectivity index is 1.55. The molecule has 1 N–H and O–H groups in total. The smallest absolute Gasteiger partial charge is 0.230 e. The number of amides is 1. The SMILES string of the molecule is CCc1cc2c(SCC(=O)NCc3ccc(N(C)C)cc3)ncnc2s1. The molecular weight excluding hydrogens is 364 g/mol. The van der Waals surface area contributed by atoms with Gasteiger partial charge >= 0.3 is 0 Å². The van der Waals surface area contributed by atoms with Crippen LogP contribution in [0.15, 0.2) is 41.7 Å². The number of aryl methyl sites for hydroxylation is 1. The number of hydrogen-bond donors (Lipinski definition) is 1. The van der Waals surface area contributed by atoms with Gasteiger partial charge in [0.05, 0.1) is 5.75 Å². The van der Waals surface area contributed by atoms with Crippen LogP contribution in [-0.4, -0.2) is 35.7 Å². The van der Waals surface area contributed by atoms with Crippen LogP contribution < -0.4 is 10.2 Å². The van der Waals surface area contributed by atoms with Gasteiger partial charge in [0.15, 0.2) is 0 Å². The molecule has 3 rings (SSSR count). The third-order valence-corrected chi connectivity index (χ3v) is 6.17. The molecule has 0 aliphatic rings. The van der Waals surface area contributed by atoms with Gasteiger partial charge in [-0.2, -0.15) is 0 Å². The molecule has 0 saturated heterocycles. The normalized spacial score (nSPS) is 10.9. The molecular formula is C19H22N4OS2. The van der Waals surface area contributed by atoms with Crippen molar-refractivity contribution in [2.75, 3.05) is 24.7 Å². The maximum absolute atomic E-state index is 12.2. The van der Waals surface area contributed by atoms with E-state index in [9.17, 15) is 4.79 Å². The van der Waals surface area contributed by atoms with Crippen LogP contribution in [-0.2, 0) is 17.8 Å². The van der Waals surface area contributed by atoms with Crippen LogP contribution in [0.4, 0.5) is 5.69 Å². The van der Waals surface area contributed by atoms with Crippen molar-refractivity contribution in [3.8, 4) is 0 Å². The second kappa shape index (κ2) is 8.51. The summed E-state index contributed by atoms with van der Waals surface area (Å²) < 4.78 is 0. The molecule has 0 aliphatic heterocycles. The molecule has 0 unspecified atom stereocenters. The van der Waals surface area contributed by atoms with Gasteiger partial charge in [-0.1, -0.05) is 30.8 Å². The van der Waals surface area contributed by atoms with Crippen molar-refractivity contribution in [2.45, 2.75) is 24.9 Å². The summed E-state index contributed by atoms with van der Waals surface area (Å²) in [6.07, 6.45) is 2.56. The lowest BCUT2D eigenvalue weighted by atomic mass is 10.2. The third-order valence-electron chi connectivity index (χ3n) is 3.97. The molecule has 1 aromatic carbocycles. The lowest BCUT2D eigenvalue weighted by molar-refractivity contribution is -0.118. The average Bonchev–Trinajstić information content (AvgIpc) is 3.09. The number of benzene rings is 1. The van der Waals surface area contributed by atoms with E-state index in [4.69, 9.17) is 0 Å². The molecule has 0 bridgehead atoms. The van der Waals surface area contributed by atoms with E-state index >= 15 is 0 Å². The zero-order chi connectivity index (χ0) is 18.5. The van der Waals surface area contributed by atoms with Crippen molar-refractivity contribution in [3.05, 3.63) is 47.1 Å². The zero-order valence-corrected chi connectivity index (χ0v) is 16.8. The Morgan fingerprint density at radius 1 is 1.23 bits per heavy atom. The largest absolute Gasteiger partial charge is 0.378 e. The number of hydrogen-bond acceptors (Lipinski definition) is 6. The fourth-order valence-corrected chi connectivity index (χ4v) is 4.27. The molecule has 0 spiro atoms. The topological polar surface area (TPSA) is 58.1 Å². The van der Waals surface area contributed by atoms with Gasteiger partial charge in [-0.05, 0) is 30.2 Å². The first-order chi connectivity index (χ1) is 12.6. The molecule has 5 nitrogen and oxygen atoms in total. The summed E-state index contributed by atoms with van der Waals surface area (Å²) in [5.41, 5.74) is 2.23. The fourth-order valence-electron chi connectivity index (χ4n) is 2.47. The lowest BCUT2D eigenvalue weighted by Crippen LogP contribution is -2.24. The number of rotatable bonds is 7. The number of fused-ring (bicyclic) bond motifs is 1. The minimum atomic E-state index is 0.00407. The average molecular weight is 387 g/mol. The minimum Gasteiger partial charge on any atom is -0.378 e. The van der Waals surface area contributed by atoms with E-state index in [1.807, 2.05) is 26.2 Å². The monoisotopic (exact) mass is 386 g/mol. The van der Waals surface area contributed by atoms with Crippen molar-refractivity contribution in [1.82, 2.24) is 15.3 Å². The molecule has 2 aromatic heterocycles. The van der Waals surface area contributed by atoms with E-state index in [0.717, 1.165) is 32.9 Å². The summed E-state index contributed by atoms with van der Waals surface area (Å²) >= 11 is 3.15. The number of anilines is 1. The fraction of sp³-hybridized carbons (Fsp3) is 0.316. The zero-order valence-electron chi connectivity index (χ0n) is 15.2. The second-order valence-corrected chi connectivity index (χ2v) is 8.17. The summed E-state index contributed by atoms with van der Waals surface area (Å²) in [5.74, 6) is 0.350. The Morgan fingerprint density at radius 3 is 2.69 bits per heavy atom. The van der Waals surface area contributed by atoms with Crippen LogP contribution in [0.1, 0.15) is 17.4 Å². The van der Waals surface area contributed by atoms with Gasteiger partial charge in [0, 0.05) is 36.6 Å². The van der Waals surface area contributed by atoms with Crippen LogP contribution in [0.25, 0.3) is 10.2 Å². The van der Waals surface area contributed by atoms with E-state index in [1.54, 1.807) is 17.7 Å². The van der Waals surface area contributed by atoms with Crippen molar-refractivity contribution in [3.63, 3.8) is 0 Å². The summed E-state index contributed by atoms with van der Waals surface area (Å²) in [6.45, 7) is 2.66. The molecule has 2 heterocycles. The Morgan fingerprint density at radius 2 is 2.00 bits per heavy atom. The van der Waals surface area contributed by atoms with Crippen molar-refractivity contribution in [2.24, 2.45) is 0 Å². The highest BCUT2D eigenvalue weighted by Crippen LogP contribution is 2.30. The quantitative estimate of drug-likeness (QED) is 0.495. The molecule has 136 valence electrons. The van der Waals surface area contributed by atoms with Gasteiger partial charge in [-0.3, -0.25) is 4.79 Å². The molecule has 26 heavy (non-hydrogen) atoms. The van der Waals surface area contributed by atoms with Crippen molar-refractivity contribution < 1.29 is 4.79 Å². The first-order valence-electron chi connectivity index (χ1n) is 8.46. The molecule has 3 aromatic rings. The Hall–Kier alpha value is -2.12. The molecule has 0 saturated carbocycles. The standard InChI is InChI=1S/C19H22N4OS2/c1-4-15-9-16-18(21-12-22-19(16)26-15)25-11-17(24)20-10-13-5-7-14(8-6-13)23(2)3/h5-9,12H,4,10-11H2,1-3H3,(H,20,24). The van der Waals surface area contributed by atoms with Crippen LogP contribution in [0.5, 0.6) is 0 Å². The summed E-state index contributed by atoms with van der Waals surface area (Å²) in [4.78, 5) is 25.2. The number of thioether (sulfide) groups is 1. The number of thiophene rings is 1. The summed E-state index contributed by atoms with van der Waals surface area (Å²) in [7, 11) is 4.02. The van der Waals surface area contributed by atoms with Crippen LogP contribution in [0, 0.1) is 0 Å². The number of aromatic nitrogens is 2. The summed E-state index contributed by atoms with van der Waals surface area (Å²) in [6, 6.07) is 10.3. The Labute approximate surface area is 161 Å². The second-order valence-electron chi connectivity index (χ2n) is 6.09. The summed E-state index contributed by atoms with van der Waals surface area (Å²) in [5, 5.41) is 4.89. The van der Waals surface area contributed by atoms with Gasteiger partial charge in [0.1, 0.15) is 16.2 Å². The van der Waals surface area contributed by atoms with E-state index < -0.39 is 0 Å². The van der Waals surface area contributed by atoms with Gasteiger partial charge in [0.25, 0.3) is 0 Å². The van der Waals surface area contributed by atoms with Crippen molar-refractivity contribution in [1.29, 1.82) is 0 Å². The van der Waals surface area contributed by atoms with Gasteiger partial charge in [-0.25, -0.2) is 9.97 Å².